The van der Waals surface area contributed by atoms with Crippen molar-refractivity contribution in [3.63, 3.8) is 0 Å². The lowest BCUT2D eigenvalue weighted by atomic mass is 10.2. The van der Waals surface area contributed by atoms with Gasteiger partial charge in [0.25, 0.3) is 5.91 Å². The number of fused-ring (bicyclic) bond motifs is 2. The minimum absolute atomic E-state index is 0.0851. The number of likely N-dealkylation sites (tertiary alicyclic amines) is 1. The normalized spacial score (nSPS) is 17.6. The van der Waals surface area contributed by atoms with Crippen LogP contribution in [0.25, 0.3) is 16.6 Å². The molecule has 1 unspecified atom stereocenters. The fourth-order valence-electron chi connectivity index (χ4n) is 3.59. The lowest BCUT2D eigenvalue weighted by Gasteiger charge is -2.22. The molecule has 0 N–H and O–H groups in total. The van der Waals surface area contributed by atoms with Gasteiger partial charge in [0.15, 0.2) is 17.2 Å². The summed E-state index contributed by atoms with van der Waals surface area (Å²) in [4.78, 5) is 14.9. The summed E-state index contributed by atoms with van der Waals surface area (Å²) in [5.74, 6) is 1.09. The zero-order chi connectivity index (χ0) is 16.8. The molecule has 124 valence electrons. The number of carbonyl (C=O) groups excluding carboxylic acids is 1. The molecule has 1 aliphatic rings. The molecule has 6 nitrogen and oxygen atoms in total. The Hall–Kier alpha value is -3.15. The van der Waals surface area contributed by atoms with Crippen LogP contribution in [0, 0.1) is 0 Å². The van der Waals surface area contributed by atoms with E-state index in [1.165, 1.54) is 0 Å². The van der Waals surface area contributed by atoms with Gasteiger partial charge in [-0.05, 0) is 37.1 Å². The molecule has 1 amide bonds. The van der Waals surface area contributed by atoms with Gasteiger partial charge in [0, 0.05) is 18.1 Å². The predicted octanol–water partition coefficient (Wildman–Crippen LogP) is 3.45. The van der Waals surface area contributed by atoms with E-state index in [0.717, 1.165) is 35.3 Å². The van der Waals surface area contributed by atoms with Crippen molar-refractivity contribution >= 4 is 22.5 Å². The molecule has 1 fully saturated rings. The van der Waals surface area contributed by atoms with Crippen molar-refractivity contribution < 1.29 is 9.21 Å². The van der Waals surface area contributed by atoms with E-state index in [9.17, 15) is 4.79 Å². The van der Waals surface area contributed by atoms with Gasteiger partial charge in [0.1, 0.15) is 5.58 Å². The average Bonchev–Trinajstić information content (AvgIpc) is 3.37. The number of hydrogen-bond acceptors (Lipinski definition) is 4. The molecule has 4 heterocycles. The minimum Gasteiger partial charge on any atom is -0.451 e. The van der Waals surface area contributed by atoms with E-state index in [2.05, 4.69) is 10.2 Å². The molecule has 25 heavy (non-hydrogen) atoms. The lowest BCUT2D eigenvalue weighted by molar-refractivity contribution is 0.0699. The Balaban J connectivity index is 1.53. The van der Waals surface area contributed by atoms with Crippen molar-refractivity contribution in [3.05, 3.63) is 66.3 Å². The zero-order valence-corrected chi connectivity index (χ0v) is 13.5. The van der Waals surface area contributed by atoms with Gasteiger partial charge in [-0.3, -0.25) is 9.20 Å². The first-order valence-corrected chi connectivity index (χ1v) is 8.40. The van der Waals surface area contributed by atoms with Crippen LogP contribution < -0.4 is 0 Å². The quantitative estimate of drug-likeness (QED) is 0.564. The minimum atomic E-state index is -0.0913. The number of carbonyl (C=O) groups is 1. The molecule has 0 bridgehead atoms. The van der Waals surface area contributed by atoms with E-state index in [1.807, 2.05) is 64.0 Å². The Bertz CT molecular complexity index is 1050. The summed E-state index contributed by atoms with van der Waals surface area (Å²) in [6.07, 6.45) is 3.76. The summed E-state index contributed by atoms with van der Waals surface area (Å²) >= 11 is 0. The van der Waals surface area contributed by atoms with E-state index in [4.69, 9.17) is 4.42 Å². The van der Waals surface area contributed by atoms with Crippen LogP contribution in [-0.2, 0) is 0 Å². The second-order valence-corrected chi connectivity index (χ2v) is 6.29. The van der Waals surface area contributed by atoms with Crippen LogP contribution in [0.4, 0.5) is 0 Å². The van der Waals surface area contributed by atoms with E-state index in [1.54, 1.807) is 0 Å². The number of benzene rings is 1. The Morgan fingerprint density at radius 3 is 2.92 bits per heavy atom. The largest absolute Gasteiger partial charge is 0.451 e. The highest BCUT2D eigenvalue weighted by atomic mass is 16.3. The molecule has 0 spiro atoms. The maximum absolute atomic E-state index is 13.0. The second kappa shape index (κ2) is 5.44. The van der Waals surface area contributed by atoms with Crippen molar-refractivity contribution in [2.24, 2.45) is 0 Å². The Morgan fingerprint density at radius 1 is 1.12 bits per heavy atom. The number of nitrogens with zero attached hydrogens (tertiary/aromatic N) is 4. The van der Waals surface area contributed by atoms with Gasteiger partial charge in [0.05, 0.1) is 6.04 Å². The van der Waals surface area contributed by atoms with E-state index in [0.29, 0.717) is 12.3 Å². The van der Waals surface area contributed by atoms with Crippen molar-refractivity contribution in [1.82, 2.24) is 19.5 Å². The van der Waals surface area contributed by atoms with E-state index in [-0.39, 0.29) is 11.9 Å². The summed E-state index contributed by atoms with van der Waals surface area (Å²) in [6.45, 7) is 0.697. The summed E-state index contributed by atoms with van der Waals surface area (Å²) in [5.41, 5.74) is 1.52. The molecule has 0 saturated carbocycles. The Kier molecular flexibility index (Phi) is 3.09. The van der Waals surface area contributed by atoms with E-state index < -0.39 is 0 Å². The molecule has 3 aromatic heterocycles. The van der Waals surface area contributed by atoms with Gasteiger partial charge < -0.3 is 9.32 Å². The number of furan rings is 1. The van der Waals surface area contributed by atoms with Crippen molar-refractivity contribution in [3.8, 4) is 0 Å². The number of pyridine rings is 1. The molecule has 0 radical (unpaired) electrons. The molecule has 5 rings (SSSR count). The van der Waals surface area contributed by atoms with Crippen molar-refractivity contribution in [1.29, 1.82) is 0 Å². The average molecular weight is 332 g/mol. The van der Waals surface area contributed by atoms with Crippen LogP contribution in [0.3, 0.4) is 0 Å². The van der Waals surface area contributed by atoms with Crippen LogP contribution in [0.1, 0.15) is 35.3 Å². The molecule has 0 aliphatic carbocycles. The molecule has 1 atom stereocenters. The number of aromatic nitrogens is 3. The number of hydrogen-bond donors (Lipinski definition) is 0. The monoisotopic (exact) mass is 332 g/mol. The molecular weight excluding hydrogens is 316 g/mol. The Morgan fingerprint density at radius 2 is 2.00 bits per heavy atom. The van der Waals surface area contributed by atoms with E-state index >= 15 is 0 Å². The molecule has 1 aliphatic heterocycles. The van der Waals surface area contributed by atoms with Gasteiger partial charge in [-0.25, -0.2) is 0 Å². The van der Waals surface area contributed by atoms with Gasteiger partial charge in [-0.15, -0.1) is 10.2 Å². The smallest absolute Gasteiger partial charge is 0.290 e. The standard InChI is InChI=1S/C19H16N4O2/c24-19(16-12-13-6-1-2-8-15(13)25-16)22-11-5-7-14(22)18-21-20-17-9-3-4-10-23(17)18/h1-4,6,8-10,12,14H,5,7,11H2. The second-order valence-electron chi connectivity index (χ2n) is 6.29. The molecule has 1 aromatic carbocycles. The van der Waals surface area contributed by atoms with Crippen molar-refractivity contribution in [2.45, 2.75) is 18.9 Å². The van der Waals surface area contributed by atoms with Gasteiger partial charge in [0.2, 0.25) is 0 Å². The summed E-state index contributed by atoms with van der Waals surface area (Å²) in [5, 5.41) is 9.49. The third-order valence-electron chi connectivity index (χ3n) is 4.79. The van der Waals surface area contributed by atoms with Gasteiger partial charge in [-0.2, -0.15) is 0 Å². The summed E-state index contributed by atoms with van der Waals surface area (Å²) in [6, 6.07) is 15.2. The highest BCUT2D eigenvalue weighted by Crippen LogP contribution is 2.33. The van der Waals surface area contributed by atoms with Crippen LogP contribution in [0.5, 0.6) is 0 Å². The SMILES string of the molecule is O=C(c1cc2ccccc2o1)N1CCCC1c1nnc2ccccn12. The molecular formula is C19H16N4O2. The number of amides is 1. The fourth-order valence-corrected chi connectivity index (χ4v) is 3.59. The maximum Gasteiger partial charge on any atom is 0.290 e. The first-order chi connectivity index (χ1) is 12.3. The molecule has 1 saturated heterocycles. The number of rotatable bonds is 2. The van der Waals surface area contributed by atoms with Crippen LogP contribution in [-0.4, -0.2) is 31.9 Å². The van der Waals surface area contributed by atoms with Crippen molar-refractivity contribution in [2.75, 3.05) is 6.54 Å². The van der Waals surface area contributed by atoms with Crippen LogP contribution >= 0.6 is 0 Å². The number of para-hydroxylation sites is 1. The third-order valence-corrected chi connectivity index (χ3v) is 4.79. The van der Waals surface area contributed by atoms with Crippen LogP contribution in [0.15, 0.2) is 59.1 Å². The fraction of sp³-hybridized carbons (Fsp3) is 0.211. The lowest BCUT2D eigenvalue weighted by Crippen LogP contribution is -2.31. The van der Waals surface area contributed by atoms with Gasteiger partial charge >= 0.3 is 0 Å². The zero-order valence-electron chi connectivity index (χ0n) is 13.5. The Labute approximate surface area is 143 Å². The first kappa shape index (κ1) is 14.2. The topological polar surface area (TPSA) is 63.6 Å². The highest BCUT2D eigenvalue weighted by molar-refractivity contribution is 5.96. The molecule has 6 heteroatoms. The van der Waals surface area contributed by atoms with Crippen LogP contribution in [0.2, 0.25) is 0 Å². The molecule has 4 aromatic rings. The summed E-state index contributed by atoms with van der Waals surface area (Å²) < 4.78 is 7.71. The highest BCUT2D eigenvalue weighted by Gasteiger charge is 2.35. The third kappa shape index (κ3) is 2.21. The predicted molar refractivity (Wildman–Crippen MR) is 92.2 cm³/mol. The summed E-state index contributed by atoms with van der Waals surface area (Å²) in [7, 11) is 0. The maximum atomic E-state index is 13.0. The van der Waals surface area contributed by atoms with Gasteiger partial charge in [-0.1, -0.05) is 24.3 Å². The first-order valence-electron chi connectivity index (χ1n) is 8.40.